The van der Waals surface area contributed by atoms with Crippen molar-refractivity contribution in [3.63, 3.8) is 0 Å². The molecule has 0 saturated heterocycles. The molecule has 0 bridgehead atoms. The highest BCUT2D eigenvalue weighted by Crippen LogP contribution is 2.78. The van der Waals surface area contributed by atoms with Gasteiger partial charge in [-0.15, -0.1) is 0 Å². The van der Waals surface area contributed by atoms with Crippen LogP contribution >= 0.6 is 0 Å². The average molecular weight is 561 g/mol. The molecule has 0 aliphatic heterocycles. The highest BCUT2D eigenvalue weighted by Gasteiger charge is 2.71. The number of rotatable bonds is 4. The van der Waals surface area contributed by atoms with E-state index < -0.39 is 5.97 Å². The van der Waals surface area contributed by atoms with Gasteiger partial charge in [0, 0.05) is 5.41 Å². The third-order valence-corrected chi connectivity index (χ3v) is 15.6. The van der Waals surface area contributed by atoms with E-state index in [9.17, 15) is 14.7 Å². The Morgan fingerprint density at radius 1 is 0.780 bits per heavy atom. The first-order valence-electron chi connectivity index (χ1n) is 17.0. The first-order valence-corrected chi connectivity index (χ1v) is 17.0. The van der Waals surface area contributed by atoms with Crippen LogP contribution in [0.4, 0.5) is 0 Å². The number of Topliss-reactive ketones (excluding diaryl/α,β-unsaturated/α-hetero) is 1. The second kappa shape index (κ2) is 9.43. The summed E-state index contributed by atoms with van der Waals surface area (Å²) in [5, 5.41) is 9.43. The largest absolute Gasteiger partial charge is 0.478 e. The fraction of sp³-hybridized carbons (Fsp3) is 0.789. The van der Waals surface area contributed by atoms with E-state index in [0.717, 1.165) is 18.8 Å². The number of hydrogen-bond acceptors (Lipinski definition) is 2. The van der Waals surface area contributed by atoms with Crippen LogP contribution in [0.3, 0.4) is 0 Å². The van der Waals surface area contributed by atoms with Crippen LogP contribution in [0.2, 0.25) is 0 Å². The van der Waals surface area contributed by atoms with E-state index in [1.165, 1.54) is 56.9 Å². The number of fused-ring (bicyclic) bond motifs is 7. The molecule has 1 aromatic carbocycles. The van der Waals surface area contributed by atoms with Crippen molar-refractivity contribution in [2.45, 2.75) is 126 Å². The fourth-order valence-electron chi connectivity index (χ4n) is 13.5. The summed E-state index contributed by atoms with van der Waals surface area (Å²) in [6.45, 7) is 19.9. The minimum Gasteiger partial charge on any atom is -0.478 e. The molecular formula is C38H56O3. The lowest BCUT2D eigenvalue weighted by molar-refractivity contribution is -0.239. The van der Waals surface area contributed by atoms with Gasteiger partial charge in [0.25, 0.3) is 0 Å². The monoisotopic (exact) mass is 560 g/mol. The third kappa shape index (κ3) is 3.81. The predicted molar refractivity (Wildman–Crippen MR) is 166 cm³/mol. The zero-order valence-electron chi connectivity index (χ0n) is 27.2. The maximum absolute atomic E-state index is 13.4. The molecule has 0 amide bonds. The van der Waals surface area contributed by atoms with E-state index in [1.807, 2.05) is 6.92 Å². The summed E-state index contributed by atoms with van der Waals surface area (Å²) in [6.07, 6.45) is 12.4. The summed E-state index contributed by atoms with van der Waals surface area (Å²) in [6, 6.07) is 7.79. The molecule has 0 aromatic heterocycles. The molecule has 5 aliphatic rings. The highest BCUT2D eigenvalue weighted by atomic mass is 16.4. The van der Waals surface area contributed by atoms with Crippen molar-refractivity contribution in [3.8, 4) is 0 Å². The topological polar surface area (TPSA) is 54.4 Å². The van der Waals surface area contributed by atoms with E-state index >= 15 is 0 Å². The van der Waals surface area contributed by atoms with Gasteiger partial charge in [-0.25, -0.2) is 4.79 Å². The summed E-state index contributed by atoms with van der Waals surface area (Å²) >= 11 is 0. The number of aromatic carboxylic acids is 1. The Labute approximate surface area is 249 Å². The van der Waals surface area contributed by atoms with Crippen LogP contribution in [-0.2, 0) is 4.79 Å². The number of carboxylic acids is 1. The van der Waals surface area contributed by atoms with Crippen LogP contribution in [0.1, 0.15) is 141 Å². The number of carbonyl (C=O) groups excluding carboxylic acids is 1. The SMILES string of the molecule is CC(=O)[C@]12CC[C@@H](C(C)C)[C@@H]1[C@H]1CC[C@@H]3[C@@]4(C)CC[C@H](c5ccc(C(=O)O)cc5)C(C)(C)[C@@H]4CC[C@@]3(C)[C@]1(C)CC2. The molecule has 0 unspecified atom stereocenters. The number of hydrogen-bond donors (Lipinski definition) is 1. The molecule has 5 saturated carbocycles. The van der Waals surface area contributed by atoms with Crippen molar-refractivity contribution in [3.05, 3.63) is 35.4 Å². The van der Waals surface area contributed by atoms with Gasteiger partial charge in [0.2, 0.25) is 0 Å². The molecule has 3 heteroatoms. The second-order valence-electron chi connectivity index (χ2n) is 17.2. The number of ketones is 1. The average Bonchev–Trinajstić information content (AvgIpc) is 3.30. The lowest BCUT2D eigenvalue weighted by Crippen LogP contribution is -2.66. The number of carboxylic acid groups (broad SMARTS) is 1. The first-order chi connectivity index (χ1) is 19.1. The van der Waals surface area contributed by atoms with Crippen molar-refractivity contribution in [2.24, 2.45) is 62.6 Å². The van der Waals surface area contributed by atoms with Crippen LogP contribution < -0.4 is 0 Å². The van der Waals surface area contributed by atoms with Crippen LogP contribution in [0.15, 0.2) is 24.3 Å². The van der Waals surface area contributed by atoms with E-state index in [-0.39, 0.29) is 10.8 Å². The van der Waals surface area contributed by atoms with Gasteiger partial charge in [0.05, 0.1) is 5.56 Å². The van der Waals surface area contributed by atoms with Gasteiger partial charge >= 0.3 is 5.97 Å². The molecule has 6 rings (SSSR count). The van der Waals surface area contributed by atoms with Gasteiger partial charge in [0.1, 0.15) is 5.78 Å². The van der Waals surface area contributed by atoms with Crippen LogP contribution in [0.5, 0.6) is 0 Å². The predicted octanol–water partition coefficient (Wildman–Crippen LogP) is 9.79. The Balaban J connectivity index is 1.33. The Morgan fingerprint density at radius 2 is 1.46 bits per heavy atom. The van der Waals surface area contributed by atoms with Gasteiger partial charge in [-0.2, -0.15) is 0 Å². The van der Waals surface area contributed by atoms with E-state index in [2.05, 4.69) is 60.6 Å². The molecule has 41 heavy (non-hydrogen) atoms. The zero-order valence-corrected chi connectivity index (χ0v) is 27.2. The summed E-state index contributed by atoms with van der Waals surface area (Å²) in [7, 11) is 0. The molecule has 0 radical (unpaired) electrons. The molecule has 1 aromatic rings. The molecular weight excluding hydrogens is 504 g/mol. The van der Waals surface area contributed by atoms with Crippen molar-refractivity contribution < 1.29 is 14.7 Å². The van der Waals surface area contributed by atoms with E-state index in [0.29, 0.717) is 63.1 Å². The Morgan fingerprint density at radius 3 is 2.07 bits per heavy atom. The van der Waals surface area contributed by atoms with Gasteiger partial charge < -0.3 is 5.11 Å². The number of carbonyl (C=O) groups is 2. The lowest BCUT2D eigenvalue weighted by atomic mass is 9.31. The third-order valence-electron chi connectivity index (χ3n) is 15.6. The van der Waals surface area contributed by atoms with Crippen molar-refractivity contribution >= 4 is 11.8 Å². The minimum absolute atomic E-state index is 0.0559. The Hall–Kier alpha value is -1.64. The first kappa shape index (κ1) is 29.4. The maximum Gasteiger partial charge on any atom is 0.335 e. The molecule has 10 atom stereocenters. The minimum atomic E-state index is -0.844. The summed E-state index contributed by atoms with van der Waals surface area (Å²) < 4.78 is 0. The second-order valence-corrected chi connectivity index (χ2v) is 17.2. The normalized spacial score (nSPS) is 46.7. The molecule has 3 nitrogen and oxygen atoms in total. The maximum atomic E-state index is 13.4. The standard InChI is InChI=1S/C38H56O3/c1-23(2)27-15-20-38(24(3)39)22-21-36(7)29(32(27)38)13-14-31-35(6)18-16-28(25-9-11-26(12-10-25)33(40)41)34(4,5)30(35)17-19-37(31,36)8/h9-12,23,27-32H,13-22H2,1-8H3,(H,40,41)/t27-,28+,29+,30-,31+,32+,35-,36+,37+,38+/m0/s1. The van der Waals surface area contributed by atoms with Crippen LogP contribution in [0, 0.1) is 62.6 Å². The van der Waals surface area contributed by atoms with Crippen molar-refractivity contribution in [2.75, 3.05) is 0 Å². The molecule has 0 heterocycles. The van der Waals surface area contributed by atoms with Gasteiger partial charge in [-0.3, -0.25) is 4.79 Å². The zero-order chi connectivity index (χ0) is 29.8. The Bertz CT molecular complexity index is 1210. The Kier molecular flexibility index (Phi) is 6.77. The van der Waals surface area contributed by atoms with Gasteiger partial charge in [-0.1, -0.05) is 60.6 Å². The molecule has 0 spiro atoms. The highest BCUT2D eigenvalue weighted by molar-refractivity contribution is 5.87. The molecule has 1 N–H and O–H groups in total. The smallest absolute Gasteiger partial charge is 0.335 e. The fourth-order valence-corrected chi connectivity index (χ4v) is 13.5. The summed E-state index contributed by atoms with van der Waals surface area (Å²) in [5.74, 6) is 4.11. The van der Waals surface area contributed by atoms with Crippen LogP contribution in [-0.4, -0.2) is 16.9 Å². The van der Waals surface area contributed by atoms with Crippen molar-refractivity contribution in [1.29, 1.82) is 0 Å². The van der Waals surface area contributed by atoms with E-state index in [1.54, 1.807) is 12.1 Å². The molecule has 5 fully saturated rings. The lowest BCUT2D eigenvalue weighted by Gasteiger charge is -2.73. The number of benzene rings is 1. The molecule has 226 valence electrons. The van der Waals surface area contributed by atoms with Gasteiger partial charge in [0.15, 0.2) is 0 Å². The van der Waals surface area contributed by atoms with E-state index in [4.69, 9.17) is 0 Å². The summed E-state index contributed by atoms with van der Waals surface area (Å²) in [5.41, 5.74) is 2.76. The molecule has 5 aliphatic carbocycles. The van der Waals surface area contributed by atoms with Gasteiger partial charge in [-0.05, 0) is 152 Å². The van der Waals surface area contributed by atoms with Crippen LogP contribution in [0.25, 0.3) is 0 Å². The quantitative estimate of drug-likeness (QED) is 0.399. The van der Waals surface area contributed by atoms with Crippen molar-refractivity contribution in [1.82, 2.24) is 0 Å². The summed E-state index contributed by atoms with van der Waals surface area (Å²) in [4.78, 5) is 24.9.